The van der Waals surface area contributed by atoms with Gasteiger partial charge in [0.15, 0.2) is 5.96 Å². The van der Waals surface area contributed by atoms with Gasteiger partial charge in [0.25, 0.3) is 0 Å². The fraction of sp³-hybridized carbons (Fsp3) is 0.636. The summed E-state index contributed by atoms with van der Waals surface area (Å²) in [6.07, 6.45) is 2.58. The number of guanidine groups is 1. The van der Waals surface area contributed by atoms with Gasteiger partial charge in [-0.3, -0.25) is 9.69 Å². The summed E-state index contributed by atoms with van der Waals surface area (Å²) in [5, 5.41) is 6.75. The first-order valence-corrected chi connectivity index (χ1v) is 10.9. The molecule has 7 heteroatoms. The largest absolute Gasteiger partial charge is 0.493 e. The molecule has 0 bridgehead atoms. The van der Waals surface area contributed by atoms with Crippen molar-refractivity contribution in [1.29, 1.82) is 0 Å². The highest BCUT2D eigenvalue weighted by atomic mass is 16.5. The third kappa shape index (κ3) is 7.24. The maximum absolute atomic E-state index is 11.4. The topological polar surface area (TPSA) is 69.2 Å². The summed E-state index contributed by atoms with van der Waals surface area (Å²) in [6, 6.07) is 8.18. The van der Waals surface area contributed by atoms with E-state index in [2.05, 4.69) is 28.5 Å². The van der Waals surface area contributed by atoms with Crippen LogP contribution in [0.2, 0.25) is 0 Å². The van der Waals surface area contributed by atoms with Crippen LogP contribution in [-0.4, -0.2) is 74.1 Å². The van der Waals surface area contributed by atoms with Crippen LogP contribution in [0.3, 0.4) is 0 Å². The summed E-state index contributed by atoms with van der Waals surface area (Å²) in [5.74, 6) is 2.68. The van der Waals surface area contributed by atoms with Gasteiger partial charge in [0.1, 0.15) is 5.75 Å². The Balaban J connectivity index is 1.45. The molecule has 160 valence electrons. The second-order valence-corrected chi connectivity index (χ2v) is 7.83. The summed E-state index contributed by atoms with van der Waals surface area (Å²) < 4.78 is 5.99. The number of hydrogen-bond donors (Lipinski definition) is 2. The highest BCUT2D eigenvalue weighted by Gasteiger charge is 2.22. The van der Waals surface area contributed by atoms with E-state index in [9.17, 15) is 4.79 Å². The molecule has 1 aliphatic carbocycles. The van der Waals surface area contributed by atoms with Gasteiger partial charge in [0, 0.05) is 58.3 Å². The zero-order chi connectivity index (χ0) is 20.5. The lowest BCUT2D eigenvalue weighted by Gasteiger charge is -2.34. The first-order chi connectivity index (χ1) is 14.2. The Bertz CT molecular complexity index is 682. The number of carbonyl (C=O) groups is 1. The van der Waals surface area contributed by atoms with E-state index in [1.165, 1.54) is 12.8 Å². The number of ether oxygens (including phenoxy) is 1. The Morgan fingerprint density at radius 3 is 2.62 bits per heavy atom. The van der Waals surface area contributed by atoms with E-state index in [4.69, 9.17) is 9.73 Å². The van der Waals surface area contributed by atoms with Crippen molar-refractivity contribution in [3.05, 3.63) is 29.8 Å². The van der Waals surface area contributed by atoms with Crippen molar-refractivity contribution in [1.82, 2.24) is 20.4 Å². The van der Waals surface area contributed by atoms with Crippen molar-refractivity contribution in [2.75, 3.05) is 52.4 Å². The Kier molecular flexibility index (Phi) is 8.16. The van der Waals surface area contributed by atoms with Crippen LogP contribution in [0.5, 0.6) is 5.75 Å². The van der Waals surface area contributed by atoms with Crippen LogP contribution in [0.25, 0.3) is 0 Å². The molecule has 3 rings (SSSR count). The Morgan fingerprint density at radius 1 is 1.17 bits per heavy atom. The van der Waals surface area contributed by atoms with Crippen molar-refractivity contribution >= 4 is 11.9 Å². The van der Waals surface area contributed by atoms with Crippen molar-refractivity contribution in [2.24, 2.45) is 10.9 Å². The molecule has 0 spiro atoms. The van der Waals surface area contributed by atoms with Crippen LogP contribution in [0.15, 0.2) is 29.3 Å². The quantitative estimate of drug-likeness (QED) is 0.487. The fourth-order valence-electron chi connectivity index (χ4n) is 3.39. The fourth-order valence-corrected chi connectivity index (χ4v) is 3.39. The lowest BCUT2D eigenvalue weighted by molar-refractivity contribution is -0.130. The molecule has 1 amide bonds. The number of rotatable bonds is 9. The molecule has 0 atom stereocenters. The third-order valence-corrected chi connectivity index (χ3v) is 5.43. The average molecular weight is 402 g/mol. The summed E-state index contributed by atoms with van der Waals surface area (Å²) >= 11 is 0. The predicted octanol–water partition coefficient (Wildman–Crippen LogP) is 1.69. The minimum absolute atomic E-state index is 0.172. The van der Waals surface area contributed by atoms with Crippen molar-refractivity contribution in [3.63, 3.8) is 0 Å². The zero-order valence-electron chi connectivity index (χ0n) is 17.8. The number of hydrogen-bond acceptors (Lipinski definition) is 4. The number of aliphatic imine (C=N–C) groups is 1. The molecule has 0 unspecified atom stereocenters. The first kappa shape index (κ1) is 21.4. The molecule has 7 nitrogen and oxygen atoms in total. The van der Waals surface area contributed by atoms with Gasteiger partial charge in [0.05, 0.1) is 13.2 Å². The number of para-hydroxylation sites is 1. The number of benzene rings is 1. The number of piperazine rings is 1. The lowest BCUT2D eigenvalue weighted by atomic mass is 10.2. The van der Waals surface area contributed by atoms with Crippen LogP contribution >= 0.6 is 0 Å². The standard InChI is InChI=1S/C22H35N5O2/c1-3-23-22(24-10-11-26-12-14-27(15-13-26)18(2)28)25-16-20-6-4-5-7-21(20)29-17-19-8-9-19/h4-7,19H,3,8-17H2,1-2H3,(H2,23,24,25). The maximum Gasteiger partial charge on any atom is 0.219 e. The van der Waals surface area contributed by atoms with Crippen molar-refractivity contribution in [3.8, 4) is 5.75 Å². The molecule has 2 N–H and O–H groups in total. The van der Waals surface area contributed by atoms with Gasteiger partial charge in [-0.15, -0.1) is 0 Å². The van der Waals surface area contributed by atoms with Gasteiger partial charge in [-0.1, -0.05) is 18.2 Å². The van der Waals surface area contributed by atoms with E-state index in [-0.39, 0.29) is 5.91 Å². The van der Waals surface area contributed by atoms with Crippen molar-refractivity contribution < 1.29 is 9.53 Å². The van der Waals surface area contributed by atoms with Gasteiger partial charge in [-0.2, -0.15) is 0 Å². The summed E-state index contributed by atoms with van der Waals surface area (Å²) in [4.78, 5) is 20.5. The first-order valence-electron chi connectivity index (χ1n) is 10.9. The highest BCUT2D eigenvalue weighted by molar-refractivity contribution is 5.79. The van der Waals surface area contributed by atoms with Gasteiger partial charge >= 0.3 is 0 Å². The van der Waals surface area contributed by atoms with Crippen LogP contribution in [-0.2, 0) is 11.3 Å². The van der Waals surface area contributed by atoms with E-state index in [1.807, 2.05) is 23.1 Å². The number of nitrogens with zero attached hydrogens (tertiary/aromatic N) is 3. The van der Waals surface area contributed by atoms with E-state index >= 15 is 0 Å². The van der Waals surface area contributed by atoms with Crippen LogP contribution < -0.4 is 15.4 Å². The second kappa shape index (κ2) is 11.0. The molecular weight excluding hydrogens is 366 g/mol. The molecule has 1 heterocycles. The predicted molar refractivity (Wildman–Crippen MR) is 116 cm³/mol. The van der Waals surface area contributed by atoms with Crippen LogP contribution in [0, 0.1) is 5.92 Å². The Hall–Kier alpha value is -2.28. The smallest absolute Gasteiger partial charge is 0.219 e. The van der Waals surface area contributed by atoms with Crippen LogP contribution in [0.1, 0.15) is 32.3 Å². The minimum atomic E-state index is 0.172. The Morgan fingerprint density at radius 2 is 1.93 bits per heavy atom. The molecule has 1 aliphatic heterocycles. The van der Waals surface area contributed by atoms with Crippen LogP contribution in [0.4, 0.5) is 0 Å². The SMILES string of the molecule is CCNC(=NCc1ccccc1OCC1CC1)NCCN1CCN(C(C)=O)CC1. The van der Waals surface area contributed by atoms with Gasteiger partial charge in [-0.05, 0) is 31.7 Å². The summed E-state index contributed by atoms with van der Waals surface area (Å²) in [6.45, 7) is 11.2. The van der Waals surface area contributed by atoms with E-state index < -0.39 is 0 Å². The number of carbonyl (C=O) groups excluding carboxylic acids is 1. The summed E-state index contributed by atoms with van der Waals surface area (Å²) in [5.41, 5.74) is 1.12. The molecule has 1 aromatic rings. The monoisotopic (exact) mass is 401 g/mol. The molecule has 0 radical (unpaired) electrons. The molecule has 1 saturated carbocycles. The van der Waals surface area contributed by atoms with E-state index in [0.29, 0.717) is 6.54 Å². The molecule has 0 aromatic heterocycles. The zero-order valence-corrected chi connectivity index (χ0v) is 17.8. The van der Waals surface area contributed by atoms with E-state index in [1.54, 1.807) is 6.92 Å². The van der Waals surface area contributed by atoms with Gasteiger partial charge in [0.2, 0.25) is 5.91 Å². The number of nitrogens with one attached hydrogen (secondary N) is 2. The molecular formula is C22H35N5O2. The maximum atomic E-state index is 11.4. The lowest BCUT2D eigenvalue weighted by Crippen LogP contribution is -2.50. The van der Waals surface area contributed by atoms with Crippen molar-refractivity contribution in [2.45, 2.75) is 33.2 Å². The second-order valence-electron chi connectivity index (χ2n) is 7.83. The third-order valence-electron chi connectivity index (χ3n) is 5.43. The molecule has 1 saturated heterocycles. The number of amides is 1. The normalized spacial score (nSPS) is 17.9. The molecule has 2 aliphatic rings. The van der Waals surface area contributed by atoms with Gasteiger partial charge < -0.3 is 20.3 Å². The van der Waals surface area contributed by atoms with E-state index in [0.717, 1.165) is 75.6 Å². The minimum Gasteiger partial charge on any atom is -0.493 e. The molecule has 29 heavy (non-hydrogen) atoms. The Labute approximate surface area is 174 Å². The van der Waals surface area contributed by atoms with Gasteiger partial charge in [-0.25, -0.2) is 4.99 Å². The molecule has 2 fully saturated rings. The molecule has 1 aromatic carbocycles. The summed E-state index contributed by atoms with van der Waals surface area (Å²) in [7, 11) is 0. The highest BCUT2D eigenvalue weighted by Crippen LogP contribution is 2.30. The average Bonchev–Trinajstić information content (AvgIpc) is 3.56.